The highest BCUT2D eigenvalue weighted by Crippen LogP contribution is 2.12. The third-order valence-electron chi connectivity index (χ3n) is 2.61. The molecule has 88 valence electrons. The average molecular weight is 220 g/mol. The van der Waals surface area contributed by atoms with Gasteiger partial charge in [-0.05, 0) is 40.0 Å². The third-order valence-corrected chi connectivity index (χ3v) is 2.61. The summed E-state index contributed by atoms with van der Waals surface area (Å²) >= 11 is 0. The summed E-state index contributed by atoms with van der Waals surface area (Å²) in [6.07, 6.45) is 0.456. The molecule has 0 aliphatic heterocycles. The lowest BCUT2D eigenvalue weighted by Gasteiger charge is -2.23. The van der Waals surface area contributed by atoms with Crippen molar-refractivity contribution in [3.05, 3.63) is 29.8 Å². The van der Waals surface area contributed by atoms with E-state index < -0.39 is 0 Å². The first-order valence-corrected chi connectivity index (χ1v) is 5.48. The fraction of sp³-hybridized carbons (Fsp3) is 0.462. The first kappa shape index (κ1) is 12.7. The lowest BCUT2D eigenvalue weighted by molar-refractivity contribution is -0.117. The molecule has 1 aromatic carbocycles. The number of benzene rings is 1. The van der Waals surface area contributed by atoms with Crippen LogP contribution in [-0.4, -0.2) is 18.5 Å². The van der Waals surface area contributed by atoms with E-state index in [1.54, 1.807) is 0 Å². The van der Waals surface area contributed by atoms with E-state index in [9.17, 15) is 4.79 Å². The lowest BCUT2D eigenvalue weighted by atomic mass is 10.0. The Labute approximate surface area is 97.2 Å². The summed E-state index contributed by atoms with van der Waals surface area (Å²) in [7, 11) is 1.86. The number of carbonyl (C=O) groups is 1. The number of hydrogen-bond donors (Lipinski definition) is 2. The van der Waals surface area contributed by atoms with Crippen LogP contribution in [0, 0.1) is 6.92 Å². The predicted molar refractivity (Wildman–Crippen MR) is 67.6 cm³/mol. The van der Waals surface area contributed by atoms with Crippen LogP contribution in [0.3, 0.4) is 0 Å². The topological polar surface area (TPSA) is 41.1 Å². The zero-order valence-electron chi connectivity index (χ0n) is 10.4. The van der Waals surface area contributed by atoms with E-state index >= 15 is 0 Å². The average Bonchev–Trinajstić information content (AvgIpc) is 2.21. The van der Waals surface area contributed by atoms with Gasteiger partial charge in [0.15, 0.2) is 0 Å². The fourth-order valence-electron chi connectivity index (χ4n) is 1.33. The van der Waals surface area contributed by atoms with Crippen LogP contribution < -0.4 is 10.6 Å². The van der Waals surface area contributed by atoms with Crippen molar-refractivity contribution in [2.45, 2.75) is 32.7 Å². The van der Waals surface area contributed by atoms with Crippen LogP contribution in [0.2, 0.25) is 0 Å². The van der Waals surface area contributed by atoms with Gasteiger partial charge >= 0.3 is 0 Å². The van der Waals surface area contributed by atoms with Gasteiger partial charge in [-0.2, -0.15) is 0 Å². The van der Waals surface area contributed by atoms with Gasteiger partial charge in [0, 0.05) is 17.6 Å². The molecule has 1 amide bonds. The number of aryl methyl sites for hydroxylation is 1. The summed E-state index contributed by atoms with van der Waals surface area (Å²) in [5.74, 6) is 0.0307. The summed E-state index contributed by atoms with van der Waals surface area (Å²) in [4.78, 5) is 11.7. The second kappa shape index (κ2) is 5.12. The summed E-state index contributed by atoms with van der Waals surface area (Å²) in [6, 6.07) is 7.80. The van der Waals surface area contributed by atoms with E-state index in [4.69, 9.17) is 0 Å². The van der Waals surface area contributed by atoms with Crippen molar-refractivity contribution in [3.8, 4) is 0 Å². The molecule has 0 fully saturated rings. The Morgan fingerprint density at radius 2 is 1.81 bits per heavy atom. The first-order chi connectivity index (χ1) is 7.43. The van der Waals surface area contributed by atoms with E-state index in [0.717, 1.165) is 5.69 Å². The van der Waals surface area contributed by atoms with Gasteiger partial charge in [-0.3, -0.25) is 4.79 Å². The van der Waals surface area contributed by atoms with Crippen molar-refractivity contribution in [2.75, 3.05) is 12.4 Å². The van der Waals surface area contributed by atoms with Crippen molar-refractivity contribution in [3.63, 3.8) is 0 Å². The van der Waals surface area contributed by atoms with Crippen molar-refractivity contribution >= 4 is 11.6 Å². The maximum Gasteiger partial charge on any atom is 0.226 e. The second-order valence-electron chi connectivity index (χ2n) is 4.72. The molecule has 0 bridgehead atoms. The summed E-state index contributed by atoms with van der Waals surface area (Å²) < 4.78 is 0. The summed E-state index contributed by atoms with van der Waals surface area (Å²) in [5.41, 5.74) is 1.87. The summed E-state index contributed by atoms with van der Waals surface area (Å²) in [6.45, 7) is 6.03. The van der Waals surface area contributed by atoms with E-state index in [-0.39, 0.29) is 11.4 Å². The van der Waals surface area contributed by atoms with Crippen LogP contribution in [-0.2, 0) is 4.79 Å². The molecule has 0 unspecified atom stereocenters. The molecule has 0 aliphatic rings. The molecule has 0 spiro atoms. The Hall–Kier alpha value is -1.35. The van der Waals surface area contributed by atoms with Gasteiger partial charge in [-0.25, -0.2) is 0 Å². The van der Waals surface area contributed by atoms with E-state index in [1.165, 1.54) is 5.56 Å². The number of hydrogen-bond acceptors (Lipinski definition) is 2. The maximum absolute atomic E-state index is 11.7. The molecule has 0 saturated heterocycles. The highest BCUT2D eigenvalue weighted by Gasteiger charge is 2.19. The largest absolute Gasteiger partial charge is 0.326 e. The van der Waals surface area contributed by atoms with Crippen LogP contribution >= 0.6 is 0 Å². The molecule has 0 atom stereocenters. The van der Waals surface area contributed by atoms with Crippen LogP contribution in [0.4, 0.5) is 5.69 Å². The fourth-order valence-corrected chi connectivity index (χ4v) is 1.33. The van der Waals surface area contributed by atoms with Gasteiger partial charge in [0.25, 0.3) is 0 Å². The Morgan fingerprint density at radius 1 is 1.25 bits per heavy atom. The minimum absolute atomic E-state index is 0.0307. The van der Waals surface area contributed by atoms with Crippen LogP contribution in [0.15, 0.2) is 24.3 Å². The molecule has 0 heterocycles. The van der Waals surface area contributed by atoms with Gasteiger partial charge in [0.2, 0.25) is 5.91 Å². The molecule has 0 aromatic heterocycles. The smallest absolute Gasteiger partial charge is 0.226 e. The zero-order chi connectivity index (χ0) is 12.2. The quantitative estimate of drug-likeness (QED) is 0.817. The number of rotatable bonds is 4. The molecular weight excluding hydrogens is 200 g/mol. The second-order valence-corrected chi connectivity index (χ2v) is 4.72. The van der Waals surface area contributed by atoms with Crippen molar-refractivity contribution in [1.29, 1.82) is 0 Å². The lowest BCUT2D eigenvalue weighted by Crippen LogP contribution is -2.39. The minimum atomic E-state index is -0.172. The normalized spacial score (nSPS) is 11.2. The molecule has 3 nitrogen and oxygen atoms in total. The maximum atomic E-state index is 11.7. The Morgan fingerprint density at radius 3 is 2.31 bits per heavy atom. The minimum Gasteiger partial charge on any atom is -0.326 e. The van der Waals surface area contributed by atoms with E-state index in [2.05, 4.69) is 10.6 Å². The van der Waals surface area contributed by atoms with Gasteiger partial charge in [-0.1, -0.05) is 17.7 Å². The van der Waals surface area contributed by atoms with Gasteiger partial charge in [0.05, 0.1) is 0 Å². The van der Waals surface area contributed by atoms with Gasteiger partial charge in [0.1, 0.15) is 0 Å². The van der Waals surface area contributed by atoms with Gasteiger partial charge in [-0.15, -0.1) is 0 Å². The molecule has 16 heavy (non-hydrogen) atoms. The van der Waals surface area contributed by atoms with Crippen LogP contribution in [0.5, 0.6) is 0 Å². The predicted octanol–water partition coefficient (Wildman–Crippen LogP) is 2.32. The van der Waals surface area contributed by atoms with Crippen LogP contribution in [0.1, 0.15) is 25.8 Å². The number of nitrogens with one attached hydrogen (secondary N) is 2. The molecule has 1 rings (SSSR count). The first-order valence-electron chi connectivity index (χ1n) is 5.48. The van der Waals surface area contributed by atoms with Crippen LogP contribution in [0.25, 0.3) is 0 Å². The molecule has 0 radical (unpaired) electrons. The highest BCUT2D eigenvalue weighted by molar-refractivity contribution is 5.91. The number of amides is 1. The Kier molecular flexibility index (Phi) is 4.07. The van der Waals surface area contributed by atoms with E-state index in [1.807, 2.05) is 52.1 Å². The zero-order valence-corrected chi connectivity index (χ0v) is 10.4. The Balaban J connectivity index is 2.55. The summed E-state index contributed by atoms with van der Waals surface area (Å²) in [5, 5.41) is 5.99. The number of carbonyl (C=O) groups excluding carboxylic acids is 1. The molecular formula is C13H20N2O. The monoisotopic (exact) mass is 220 g/mol. The third kappa shape index (κ3) is 4.03. The molecule has 0 saturated carbocycles. The van der Waals surface area contributed by atoms with E-state index in [0.29, 0.717) is 6.42 Å². The highest BCUT2D eigenvalue weighted by atomic mass is 16.1. The van der Waals surface area contributed by atoms with Gasteiger partial charge < -0.3 is 10.6 Å². The van der Waals surface area contributed by atoms with Crippen molar-refractivity contribution < 1.29 is 4.79 Å². The SMILES string of the molecule is CNC(C)(C)CC(=O)Nc1ccc(C)cc1. The van der Waals surface area contributed by atoms with Crippen molar-refractivity contribution in [1.82, 2.24) is 5.32 Å². The molecule has 3 heteroatoms. The molecule has 0 aliphatic carbocycles. The molecule has 1 aromatic rings. The standard InChI is InChI=1S/C13H20N2O/c1-10-5-7-11(8-6-10)15-12(16)9-13(2,3)14-4/h5-8,14H,9H2,1-4H3,(H,15,16). The molecule has 2 N–H and O–H groups in total. The van der Waals surface area contributed by atoms with Crippen molar-refractivity contribution in [2.24, 2.45) is 0 Å². The number of anilines is 1. The Bertz CT molecular complexity index is 355.